The fourth-order valence-corrected chi connectivity index (χ4v) is 3.46. The summed E-state index contributed by atoms with van der Waals surface area (Å²) in [7, 11) is 0. The van der Waals surface area contributed by atoms with Crippen LogP contribution in [0.25, 0.3) is 11.3 Å². The molecule has 0 spiro atoms. The maximum absolute atomic E-state index is 12.9. The summed E-state index contributed by atoms with van der Waals surface area (Å²) >= 11 is 1.27. The van der Waals surface area contributed by atoms with Crippen molar-refractivity contribution >= 4 is 28.3 Å². The van der Waals surface area contributed by atoms with Crippen molar-refractivity contribution in [2.24, 2.45) is 0 Å². The fourth-order valence-electron chi connectivity index (χ4n) is 2.72. The van der Waals surface area contributed by atoms with E-state index < -0.39 is 12.0 Å². The molecule has 2 aromatic rings. The van der Waals surface area contributed by atoms with Crippen molar-refractivity contribution in [2.45, 2.75) is 18.9 Å². The van der Waals surface area contributed by atoms with Crippen molar-refractivity contribution in [1.29, 1.82) is 0 Å². The van der Waals surface area contributed by atoms with Crippen molar-refractivity contribution in [3.8, 4) is 11.3 Å². The number of aromatic nitrogens is 1. The molecule has 1 aromatic heterocycles. The molecule has 1 fully saturated rings. The average molecular weight is 349 g/mol. The first kappa shape index (κ1) is 16.5. The van der Waals surface area contributed by atoms with Crippen LogP contribution in [0.1, 0.15) is 12.8 Å². The first-order chi connectivity index (χ1) is 11.5. The quantitative estimate of drug-likeness (QED) is 0.866. The van der Waals surface area contributed by atoms with Gasteiger partial charge in [-0.05, 0) is 43.7 Å². The molecule has 2 heterocycles. The molecule has 126 valence electrons. The van der Waals surface area contributed by atoms with E-state index in [1.54, 1.807) is 22.4 Å². The van der Waals surface area contributed by atoms with E-state index in [-0.39, 0.29) is 18.3 Å². The number of rotatable bonds is 5. The van der Waals surface area contributed by atoms with Gasteiger partial charge in [0.05, 0.1) is 12.2 Å². The number of likely N-dealkylation sites (tertiary alicyclic amines) is 1. The van der Waals surface area contributed by atoms with E-state index in [0.717, 1.165) is 12.0 Å². The summed E-state index contributed by atoms with van der Waals surface area (Å²) in [4.78, 5) is 29.2. The van der Waals surface area contributed by atoms with Crippen LogP contribution in [0.2, 0.25) is 0 Å². The van der Waals surface area contributed by atoms with Crippen LogP contribution in [0.5, 0.6) is 0 Å². The molecule has 0 saturated carbocycles. The van der Waals surface area contributed by atoms with Crippen molar-refractivity contribution in [2.75, 3.05) is 18.4 Å². The number of carbonyl (C=O) groups is 2. The van der Waals surface area contributed by atoms with Crippen LogP contribution in [0.3, 0.4) is 0 Å². The van der Waals surface area contributed by atoms with Gasteiger partial charge in [0.25, 0.3) is 0 Å². The predicted octanol–water partition coefficient (Wildman–Crippen LogP) is 2.44. The zero-order valence-electron chi connectivity index (χ0n) is 12.7. The zero-order valence-corrected chi connectivity index (χ0v) is 13.6. The molecule has 1 aliphatic heterocycles. The van der Waals surface area contributed by atoms with Crippen LogP contribution < -0.4 is 5.32 Å². The van der Waals surface area contributed by atoms with E-state index >= 15 is 0 Å². The third kappa shape index (κ3) is 3.77. The number of amides is 1. The lowest BCUT2D eigenvalue weighted by atomic mass is 10.2. The number of benzene rings is 1. The molecule has 3 rings (SSSR count). The second kappa shape index (κ2) is 7.06. The van der Waals surface area contributed by atoms with Crippen LogP contribution in [-0.4, -0.2) is 46.0 Å². The third-order valence-corrected chi connectivity index (χ3v) is 4.64. The van der Waals surface area contributed by atoms with E-state index in [1.165, 1.54) is 23.5 Å². The number of carbonyl (C=O) groups excluding carboxylic acids is 1. The highest BCUT2D eigenvalue weighted by atomic mass is 32.1. The minimum atomic E-state index is -0.895. The topological polar surface area (TPSA) is 82.5 Å². The number of halogens is 1. The lowest BCUT2D eigenvalue weighted by molar-refractivity contribution is -0.142. The predicted molar refractivity (Wildman–Crippen MR) is 88.4 cm³/mol. The molecule has 1 aliphatic rings. The largest absolute Gasteiger partial charge is 0.480 e. The smallest absolute Gasteiger partial charge is 0.320 e. The minimum absolute atomic E-state index is 0.0302. The van der Waals surface area contributed by atoms with Gasteiger partial charge in [0.15, 0.2) is 5.13 Å². The van der Waals surface area contributed by atoms with Gasteiger partial charge in [-0.3, -0.25) is 14.5 Å². The van der Waals surface area contributed by atoms with E-state index in [4.69, 9.17) is 5.11 Å². The highest BCUT2D eigenvalue weighted by Gasteiger charge is 2.31. The van der Waals surface area contributed by atoms with E-state index in [2.05, 4.69) is 10.3 Å². The maximum Gasteiger partial charge on any atom is 0.320 e. The lowest BCUT2D eigenvalue weighted by Gasteiger charge is -2.19. The molecule has 8 heteroatoms. The maximum atomic E-state index is 12.9. The highest BCUT2D eigenvalue weighted by molar-refractivity contribution is 7.14. The molecule has 0 bridgehead atoms. The Morgan fingerprint density at radius 2 is 2.12 bits per heavy atom. The van der Waals surface area contributed by atoms with Gasteiger partial charge in [-0.2, -0.15) is 0 Å². The van der Waals surface area contributed by atoms with Crippen LogP contribution in [0.15, 0.2) is 29.6 Å². The van der Waals surface area contributed by atoms with Crippen LogP contribution in [-0.2, 0) is 9.59 Å². The molecule has 24 heavy (non-hydrogen) atoms. The Morgan fingerprint density at radius 1 is 1.38 bits per heavy atom. The molecular formula is C16H16FN3O3S. The van der Waals surface area contributed by atoms with Gasteiger partial charge in [0, 0.05) is 10.9 Å². The van der Waals surface area contributed by atoms with Crippen molar-refractivity contribution in [3.05, 3.63) is 35.5 Å². The summed E-state index contributed by atoms with van der Waals surface area (Å²) in [5.74, 6) is -1.50. The molecule has 0 aliphatic carbocycles. The number of thiazole rings is 1. The number of hydrogen-bond acceptors (Lipinski definition) is 5. The second-order valence-electron chi connectivity index (χ2n) is 5.56. The Kier molecular flexibility index (Phi) is 4.86. The number of anilines is 1. The summed E-state index contributed by atoms with van der Waals surface area (Å²) in [6.45, 7) is 0.630. The number of carboxylic acids is 1. The molecule has 1 atom stereocenters. The van der Waals surface area contributed by atoms with Gasteiger partial charge in [0.1, 0.15) is 11.9 Å². The number of nitrogens with one attached hydrogen (secondary N) is 1. The summed E-state index contributed by atoms with van der Waals surface area (Å²) in [5, 5.41) is 14.0. The Labute approximate surface area is 141 Å². The molecule has 0 radical (unpaired) electrons. The number of aliphatic carboxylic acids is 1. The summed E-state index contributed by atoms with van der Waals surface area (Å²) in [6.07, 6.45) is 1.34. The number of hydrogen-bond donors (Lipinski definition) is 2. The summed E-state index contributed by atoms with van der Waals surface area (Å²) in [5.41, 5.74) is 1.42. The second-order valence-corrected chi connectivity index (χ2v) is 6.42. The van der Waals surface area contributed by atoms with E-state index in [9.17, 15) is 14.0 Å². The molecule has 6 nitrogen and oxygen atoms in total. The van der Waals surface area contributed by atoms with Crippen LogP contribution >= 0.6 is 11.3 Å². The normalized spacial score (nSPS) is 17.8. The van der Waals surface area contributed by atoms with Gasteiger partial charge in [-0.15, -0.1) is 11.3 Å². The van der Waals surface area contributed by atoms with E-state index in [0.29, 0.717) is 23.8 Å². The average Bonchev–Trinajstić information content (AvgIpc) is 3.17. The fraction of sp³-hybridized carbons (Fsp3) is 0.312. The molecule has 1 amide bonds. The highest BCUT2D eigenvalue weighted by Crippen LogP contribution is 2.25. The Balaban J connectivity index is 1.61. The molecule has 1 aromatic carbocycles. The van der Waals surface area contributed by atoms with Crippen molar-refractivity contribution in [1.82, 2.24) is 9.88 Å². The third-order valence-electron chi connectivity index (χ3n) is 3.89. The van der Waals surface area contributed by atoms with Gasteiger partial charge in [-0.25, -0.2) is 9.37 Å². The first-order valence-electron chi connectivity index (χ1n) is 7.51. The molecule has 2 N–H and O–H groups in total. The SMILES string of the molecule is O=C(CN1CCC[C@H]1C(=O)O)Nc1nc(-c2ccc(F)cc2)cs1. The Bertz CT molecular complexity index is 747. The molecule has 1 saturated heterocycles. The van der Waals surface area contributed by atoms with Gasteiger partial charge in [0.2, 0.25) is 5.91 Å². The minimum Gasteiger partial charge on any atom is -0.480 e. The van der Waals surface area contributed by atoms with E-state index in [1.807, 2.05) is 0 Å². The monoisotopic (exact) mass is 349 g/mol. The van der Waals surface area contributed by atoms with Crippen molar-refractivity contribution < 1.29 is 19.1 Å². The van der Waals surface area contributed by atoms with Gasteiger partial charge >= 0.3 is 5.97 Å². The summed E-state index contributed by atoms with van der Waals surface area (Å²) < 4.78 is 12.9. The number of nitrogens with zero attached hydrogens (tertiary/aromatic N) is 2. The number of carboxylic acid groups (broad SMARTS) is 1. The lowest BCUT2D eigenvalue weighted by Crippen LogP contribution is -2.40. The first-order valence-corrected chi connectivity index (χ1v) is 8.39. The molecule has 0 unspecified atom stereocenters. The van der Waals surface area contributed by atoms with Crippen LogP contribution in [0.4, 0.5) is 9.52 Å². The summed E-state index contributed by atoms with van der Waals surface area (Å²) in [6, 6.07) is 5.36. The van der Waals surface area contributed by atoms with Crippen molar-refractivity contribution in [3.63, 3.8) is 0 Å². The Hall–Kier alpha value is -2.32. The standard InChI is InChI=1S/C16H16FN3O3S/c17-11-5-3-10(4-6-11)12-9-24-16(18-12)19-14(21)8-20-7-1-2-13(20)15(22)23/h3-6,9,13H,1-2,7-8H2,(H,22,23)(H,18,19,21)/t13-/m0/s1. The molecular weight excluding hydrogens is 333 g/mol. The zero-order chi connectivity index (χ0) is 17.1. The van der Waals surface area contributed by atoms with Gasteiger partial charge < -0.3 is 10.4 Å². The van der Waals surface area contributed by atoms with Crippen LogP contribution in [0, 0.1) is 5.82 Å². The van der Waals surface area contributed by atoms with Gasteiger partial charge in [-0.1, -0.05) is 0 Å². The Morgan fingerprint density at radius 3 is 2.83 bits per heavy atom.